The van der Waals surface area contributed by atoms with Crippen molar-refractivity contribution in [1.29, 1.82) is 0 Å². The molecule has 1 aromatic heterocycles. The third-order valence-electron chi connectivity index (χ3n) is 2.29. The number of rotatable bonds is 6. The molecular formula is C11H18N4O2S. The normalized spacial score (nSPS) is 11.8. The van der Waals surface area contributed by atoms with E-state index in [1.165, 1.54) is 11.3 Å². The molecule has 0 fully saturated rings. The number of hydrogen-bond acceptors (Lipinski definition) is 5. The molecule has 0 saturated heterocycles. The average Bonchev–Trinajstić information content (AvgIpc) is 2.86. The van der Waals surface area contributed by atoms with Gasteiger partial charge in [-0.25, -0.2) is 4.98 Å². The number of aromatic nitrogens is 1. The first-order valence-electron chi connectivity index (χ1n) is 5.68. The summed E-state index contributed by atoms with van der Waals surface area (Å²) in [7, 11) is 0. The summed E-state index contributed by atoms with van der Waals surface area (Å²) >= 11 is 1.39. The molecule has 7 heteroatoms. The van der Waals surface area contributed by atoms with Crippen molar-refractivity contribution in [2.24, 2.45) is 16.8 Å². The predicted octanol–water partition coefficient (Wildman–Crippen LogP) is 1.38. The van der Waals surface area contributed by atoms with Gasteiger partial charge in [0.15, 0.2) is 0 Å². The molecule has 0 bridgehead atoms. The molecule has 1 amide bonds. The van der Waals surface area contributed by atoms with E-state index in [1.54, 1.807) is 15.8 Å². The monoisotopic (exact) mass is 270 g/mol. The van der Waals surface area contributed by atoms with Gasteiger partial charge in [-0.3, -0.25) is 4.79 Å². The van der Waals surface area contributed by atoms with Crippen molar-refractivity contribution in [3.63, 3.8) is 0 Å². The van der Waals surface area contributed by atoms with Crippen molar-refractivity contribution < 1.29 is 10.0 Å². The quantitative estimate of drug-likeness (QED) is 0.353. The smallest absolute Gasteiger partial charge is 0.273 e. The third-order valence-corrected chi connectivity index (χ3v) is 2.88. The summed E-state index contributed by atoms with van der Waals surface area (Å²) in [6.07, 6.45) is 0.346. The molecule has 100 valence electrons. The second-order valence-electron chi connectivity index (χ2n) is 4.36. The van der Waals surface area contributed by atoms with Crippen LogP contribution in [0.25, 0.3) is 0 Å². The molecule has 0 aliphatic heterocycles. The number of oxime groups is 1. The van der Waals surface area contributed by atoms with Gasteiger partial charge < -0.3 is 15.8 Å². The van der Waals surface area contributed by atoms with E-state index in [2.05, 4.69) is 10.1 Å². The lowest BCUT2D eigenvalue weighted by molar-refractivity contribution is 0.0735. The van der Waals surface area contributed by atoms with Gasteiger partial charge in [-0.1, -0.05) is 19.0 Å². The number of amidine groups is 1. The van der Waals surface area contributed by atoms with Crippen molar-refractivity contribution in [2.45, 2.75) is 20.3 Å². The number of thiazole rings is 1. The lowest BCUT2D eigenvalue weighted by Gasteiger charge is -2.23. The van der Waals surface area contributed by atoms with Crippen molar-refractivity contribution in [1.82, 2.24) is 9.88 Å². The molecule has 0 aliphatic rings. The number of carbonyl (C=O) groups excluding carboxylic acids is 1. The number of amides is 1. The number of hydrogen-bond donors (Lipinski definition) is 2. The van der Waals surface area contributed by atoms with Crippen LogP contribution in [-0.2, 0) is 0 Å². The Morgan fingerprint density at radius 1 is 1.67 bits per heavy atom. The second kappa shape index (κ2) is 6.95. The summed E-state index contributed by atoms with van der Waals surface area (Å²) < 4.78 is 0. The van der Waals surface area contributed by atoms with Crippen molar-refractivity contribution in [2.75, 3.05) is 13.1 Å². The van der Waals surface area contributed by atoms with Crippen LogP contribution < -0.4 is 5.73 Å². The van der Waals surface area contributed by atoms with E-state index in [0.29, 0.717) is 31.1 Å². The standard InChI is InChI=1S/C11H18N4O2S/c1-8(2)5-15(4-3-10(12)14-17)11(16)9-6-18-7-13-9/h6-8,17H,3-5H2,1-2H3,(H2,12,14). The Morgan fingerprint density at radius 2 is 2.39 bits per heavy atom. The Kier molecular flexibility index (Phi) is 5.57. The predicted molar refractivity (Wildman–Crippen MR) is 70.9 cm³/mol. The van der Waals surface area contributed by atoms with Gasteiger partial charge in [0.2, 0.25) is 0 Å². The lowest BCUT2D eigenvalue weighted by Crippen LogP contribution is -2.36. The highest BCUT2D eigenvalue weighted by atomic mass is 32.1. The van der Waals surface area contributed by atoms with Crippen LogP contribution in [0.4, 0.5) is 0 Å². The molecule has 0 aromatic carbocycles. The van der Waals surface area contributed by atoms with E-state index in [9.17, 15) is 4.79 Å². The minimum atomic E-state index is -0.115. The minimum Gasteiger partial charge on any atom is -0.409 e. The summed E-state index contributed by atoms with van der Waals surface area (Å²) in [5.41, 5.74) is 7.49. The molecule has 1 heterocycles. The molecule has 3 N–H and O–H groups in total. The Balaban J connectivity index is 2.69. The van der Waals surface area contributed by atoms with E-state index in [4.69, 9.17) is 10.9 Å². The number of carbonyl (C=O) groups is 1. The van der Waals surface area contributed by atoms with Gasteiger partial charge in [-0.05, 0) is 5.92 Å². The summed E-state index contributed by atoms with van der Waals surface area (Å²) in [6, 6.07) is 0. The molecule has 0 spiro atoms. The third kappa shape index (κ3) is 4.33. The van der Waals surface area contributed by atoms with Crippen LogP contribution >= 0.6 is 11.3 Å². The molecule has 18 heavy (non-hydrogen) atoms. The van der Waals surface area contributed by atoms with Gasteiger partial charge in [-0.2, -0.15) is 0 Å². The van der Waals surface area contributed by atoms with Crippen LogP contribution in [0.3, 0.4) is 0 Å². The molecule has 1 rings (SSSR count). The van der Waals surface area contributed by atoms with Gasteiger partial charge in [-0.15, -0.1) is 11.3 Å². The highest BCUT2D eigenvalue weighted by Gasteiger charge is 2.18. The molecule has 0 atom stereocenters. The van der Waals surface area contributed by atoms with Gasteiger partial charge in [0.1, 0.15) is 11.5 Å². The Hall–Kier alpha value is -1.63. The first-order chi connectivity index (χ1) is 8.54. The fraction of sp³-hybridized carbons (Fsp3) is 0.545. The number of nitrogens with two attached hydrogens (primary N) is 1. The van der Waals surface area contributed by atoms with E-state index >= 15 is 0 Å². The van der Waals surface area contributed by atoms with Gasteiger partial charge >= 0.3 is 0 Å². The van der Waals surface area contributed by atoms with Crippen molar-refractivity contribution in [3.05, 3.63) is 16.6 Å². The van der Waals surface area contributed by atoms with Crippen LogP contribution in [0.1, 0.15) is 30.8 Å². The van der Waals surface area contributed by atoms with Gasteiger partial charge in [0.05, 0.1) is 5.51 Å². The Labute approximate surface area is 110 Å². The zero-order valence-electron chi connectivity index (χ0n) is 10.5. The number of nitrogens with zero attached hydrogens (tertiary/aromatic N) is 3. The Morgan fingerprint density at radius 3 is 2.89 bits per heavy atom. The molecule has 6 nitrogen and oxygen atoms in total. The van der Waals surface area contributed by atoms with Crippen LogP contribution in [0.15, 0.2) is 16.0 Å². The fourth-order valence-corrected chi connectivity index (χ4v) is 2.02. The fourth-order valence-electron chi connectivity index (χ4n) is 1.50. The molecule has 0 radical (unpaired) electrons. The van der Waals surface area contributed by atoms with Crippen molar-refractivity contribution >= 4 is 23.1 Å². The zero-order valence-corrected chi connectivity index (χ0v) is 11.4. The lowest BCUT2D eigenvalue weighted by atomic mass is 10.2. The van der Waals surface area contributed by atoms with Crippen LogP contribution in [0.2, 0.25) is 0 Å². The summed E-state index contributed by atoms with van der Waals surface area (Å²) in [5.74, 6) is 0.352. The van der Waals surface area contributed by atoms with Crippen LogP contribution in [-0.4, -0.2) is 39.9 Å². The summed E-state index contributed by atoms with van der Waals surface area (Å²) in [4.78, 5) is 17.9. The van der Waals surface area contributed by atoms with Crippen LogP contribution in [0.5, 0.6) is 0 Å². The summed E-state index contributed by atoms with van der Waals surface area (Å²) in [6.45, 7) is 5.11. The SMILES string of the molecule is CC(C)CN(CCC(N)=NO)C(=O)c1cscn1. The maximum absolute atomic E-state index is 12.2. The first kappa shape index (κ1) is 14.4. The topological polar surface area (TPSA) is 91.8 Å². The van der Waals surface area contributed by atoms with Gasteiger partial charge in [0, 0.05) is 24.9 Å². The molecule has 0 aliphatic carbocycles. The van der Waals surface area contributed by atoms with E-state index < -0.39 is 0 Å². The van der Waals surface area contributed by atoms with Gasteiger partial charge in [0.25, 0.3) is 5.91 Å². The Bertz CT molecular complexity index is 403. The molecular weight excluding hydrogens is 252 g/mol. The van der Waals surface area contributed by atoms with E-state index in [0.717, 1.165) is 0 Å². The maximum atomic E-state index is 12.2. The molecule has 1 aromatic rings. The highest BCUT2D eigenvalue weighted by molar-refractivity contribution is 7.07. The van der Waals surface area contributed by atoms with E-state index in [1.807, 2.05) is 13.8 Å². The average molecular weight is 270 g/mol. The maximum Gasteiger partial charge on any atom is 0.273 e. The largest absolute Gasteiger partial charge is 0.409 e. The van der Waals surface area contributed by atoms with E-state index in [-0.39, 0.29) is 11.7 Å². The second-order valence-corrected chi connectivity index (χ2v) is 5.08. The zero-order chi connectivity index (χ0) is 13.5. The van der Waals surface area contributed by atoms with Crippen molar-refractivity contribution in [3.8, 4) is 0 Å². The molecule has 0 saturated carbocycles. The summed E-state index contributed by atoms with van der Waals surface area (Å²) in [5, 5.41) is 13.1. The highest BCUT2D eigenvalue weighted by Crippen LogP contribution is 2.09. The van der Waals surface area contributed by atoms with Crippen LogP contribution in [0, 0.1) is 5.92 Å². The minimum absolute atomic E-state index is 0.115. The first-order valence-corrected chi connectivity index (χ1v) is 6.62. The molecule has 0 unspecified atom stereocenters.